The van der Waals surface area contributed by atoms with Gasteiger partial charge in [0.2, 0.25) is 5.91 Å². The zero-order valence-corrected chi connectivity index (χ0v) is 9.50. The monoisotopic (exact) mass is 214 g/mol. The van der Waals surface area contributed by atoms with E-state index in [1.54, 1.807) is 0 Å². The van der Waals surface area contributed by atoms with E-state index in [2.05, 4.69) is 12.2 Å². The van der Waals surface area contributed by atoms with E-state index in [1.165, 1.54) is 25.7 Å². The number of carbonyl (C=O) groups is 1. The SMILES string of the molecule is CC1CCCCC1NCCOCC(N)=O. The summed E-state index contributed by atoms with van der Waals surface area (Å²) < 4.78 is 5.08. The second-order valence-corrected chi connectivity index (χ2v) is 4.34. The van der Waals surface area contributed by atoms with Crippen LogP contribution < -0.4 is 11.1 Å². The molecule has 1 saturated carbocycles. The molecule has 0 aliphatic heterocycles. The summed E-state index contributed by atoms with van der Waals surface area (Å²) in [6, 6.07) is 0.621. The Kier molecular flexibility index (Phi) is 5.65. The molecule has 3 N–H and O–H groups in total. The van der Waals surface area contributed by atoms with Crippen molar-refractivity contribution >= 4 is 5.91 Å². The fraction of sp³-hybridized carbons (Fsp3) is 0.909. The number of hydrogen-bond acceptors (Lipinski definition) is 3. The molecule has 0 heterocycles. The number of ether oxygens (including phenoxy) is 1. The van der Waals surface area contributed by atoms with Gasteiger partial charge in [-0.25, -0.2) is 0 Å². The van der Waals surface area contributed by atoms with E-state index in [9.17, 15) is 4.79 Å². The Morgan fingerprint density at radius 3 is 2.87 bits per heavy atom. The third kappa shape index (κ3) is 5.14. The van der Waals surface area contributed by atoms with Gasteiger partial charge in [-0.2, -0.15) is 0 Å². The molecule has 4 heteroatoms. The number of primary amides is 1. The Morgan fingerprint density at radius 2 is 2.20 bits per heavy atom. The van der Waals surface area contributed by atoms with Crippen LogP contribution in [0.4, 0.5) is 0 Å². The van der Waals surface area contributed by atoms with Crippen LogP contribution in [-0.2, 0) is 9.53 Å². The van der Waals surface area contributed by atoms with Gasteiger partial charge in [0.1, 0.15) is 6.61 Å². The Morgan fingerprint density at radius 1 is 1.47 bits per heavy atom. The lowest BCUT2D eigenvalue weighted by Crippen LogP contribution is -2.39. The second-order valence-electron chi connectivity index (χ2n) is 4.34. The highest BCUT2D eigenvalue weighted by Crippen LogP contribution is 2.23. The average Bonchev–Trinajstić information content (AvgIpc) is 2.20. The van der Waals surface area contributed by atoms with Crippen molar-refractivity contribution in [2.24, 2.45) is 11.7 Å². The van der Waals surface area contributed by atoms with Crippen LogP contribution in [0.3, 0.4) is 0 Å². The standard InChI is InChI=1S/C11H22N2O2/c1-9-4-2-3-5-10(9)13-6-7-15-8-11(12)14/h9-10,13H,2-8H2,1H3,(H2,12,14). The van der Waals surface area contributed by atoms with Crippen LogP contribution in [0.2, 0.25) is 0 Å². The van der Waals surface area contributed by atoms with Crippen molar-refractivity contribution in [3.8, 4) is 0 Å². The Balaban J connectivity index is 2.01. The van der Waals surface area contributed by atoms with E-state index >= 15 is 0 Å². The lowest BCUT2D eigenvalue weighted by Gasteiger charge is -2.29. The van der Waals surface area contributed by atoms with Crippen molar-refractivity contribution in [1.29, 1.82) is 0 Å². The molecule has 0 aromatic rings. The maximum Gasteiger partial charge on any atom is 0.243 e. The summed E-state index contributed by atoms with van der Waals surface area (Å²) in [7, 11) is 0. The van der Waals surface area contributed by atoms with E-state index in [0.717, 1.165) is 12.5 Å². The van der Waals surface area contributed by atoms with Crippen LogP contribution in [0, 0.1) is 5.92 Å². The molecule has 1 amide bonds. The van der Waals surface area contributed by atoms with Crippen molar-refractivity contribution in [2.75, 3.05) is 19.8 Å². The first-order valence-corrected chi connectivity index (χ1v) is 5.79. The molecular weight excluding hydrogens is 192 g/mol. The normalized spacial score (nSPS) is 26.5. The predicted octanol–water partition coefficient (Wildman–Crippen LogP) is 0.657. The molecule has 1 aliphatic rings. The Labute approximate surface area is 91.5 Å². The van der Waals surface area contributed by atoms with E-state index in [0.29, 0.717) is 12.6 Å². The summed E-state index contributed by atoms with van der Waals surface area (Å²) >= 11 is 0. The van der Waals surface area contributed by atoms with E-state index in [1.807, 2.05) is 0 Å². The minimum atomic E-state index is -0.402. The smallest absolute Gasteiger partial charge is 0.243 e. The first-order chi connectivity index (χ1) is 7.20. The van der Waals surface area contributed by atoms with Crippen molar-refractivity contribution in [3.63, 3.8) is 0 Å². The molecule has 0 aromatic heterocycles. The maximum atomic E-state index is 10.4. The maximum absolute atomic E-state index is 10.4. The Bertz CT molecular complexity index is 197. The molecular formula is C11H22N2O2. The van der Waals surface area contributed by atoms with Gasteiger partial charge in [0.25, 0.3) is 0 Å². The highest BCUT2D eigenvalue weighted by Gasteiger charge is 2.19. The summed E-state index contributed by atoms with van der Waals surface area (Å²) in [6.07, 6.45) is 5.26. The van der Waals surface area contributed by atoms with Crippen molar-refractivity contribution in [1.82, 2.24) is 5.32 Å². The van der Waals surface area contributed by atoms with Crippen LogP contribution >= 0.6 is 0 Å². The minimum Gasteiger partial charge on any atom is -0.370 e. The first kappa shape index (κ1) is 12.5. The summed E-state index contributed by atoms with van der Waals surface area (Å²) in [5.74, 6) is 0.357. The van der Waals surface area contributed by atoms with Gasteiger partial charge >= 0.3 is 0 Å². The van der Waals surface area contributed by atoms with Gasteiger partial charge in [0.15, 0.2) is 0 Å². The largest absolute Gasteiger partial charge is 0.370 e. The van der Waals surface area contributed by atoms with Crippen LogP contribution in [0.15, 0.2) is 0 Å². The second kappa shape index (κ2) is 6.80. The van der Waals surface area contributed by atoms with Gasteiger partial charge in [-0.05, 0) is 18.8 Å². The molecule has 15 heavy (non-hydrogen) atoms. The lowest BCUT2D eigenvalue weighted by molar-refractivity contribution is -0.122. The van der Waals surface area contributed by atoms with Gasteiger partial charge < -0.3 is 15.8 Å². The number of nitrogens with one attached hydrogen (secondary N) is 1. The molecule has 0 radical (unpaired) electrons. The first-order valence-electron chi connectivity index (χ1n) is 5.79. The third-order valence-electron chi connectivity index (χ3n) is 3.01. The number of nitrogens with two attached hydrogens (primary N) is 1. The highest BCUT2D eigenvalue weighted by atomic mass is 16.5. The van der Waals surface area contributed by atoms with Crippen LogP contribution in [0.25, 0.3) is 0 Å². The molecule has 2 unspecified atom stereocenters. The van der Waals surface area contributed by atoms with Gasteiger partial charge in [-0.1, -0.05) is 19.8 Å². The van der Waals surface area contributed by atoms with Gasteiger partial charge in [0.05, 0.1) is 6.61 Å². The molecule has 1 rings (SSSR count). The molecule has 0 saturated heterocycles. The number of hydrogen-bond donors (Lipinski definition) is 2. The van der Waals surface area contributed by atoms with Gasteiger partial charge in [-0.3, -0.25) is 4.79 Å². The topological polar surface area (TPSA) is 64.3 Å². The van der Waals surface area contributed by atoms with Gasteiger partial charge in [-0.15, -0.1) is 0 Å². The van der Waals surface area contributed by atoms with Crippen molar-refractivity contribution in [2.45, 2.75) is 38.6 Å². The minimum absolute atomic E-state index is 0.0297. The van der Waals surface area contributed by atoms with Crippen LogP contribution in [0.1, 0.15) is 32.6 Å². The quantitative estimate of drug-likeness (QED) is 0.638. The highest BCUT2D eigenvalue weighted by molar-refractivity contribution is 5.74. The molecule has 88 valence electrons. The van der Waals surface area contributed by atoms with E-state index in [-0.39, 0.29) is 6.61 Å². The number of carbonyl (C=O) groups excluding carboxylic acids is 1. The fourth-order valence-electron chi connectivity index (χ4n) is 2.11. The molecule has 2 atom stereocenters. The van der Waals surface area contributed by atoms with E-state index in [4.69, 9.17) is 10.5 Å². The fourth-order valence-corrected chi connectivity index (χ4v) is 2.11. The lowest BCUT2D eigenvalue weighted by atomic mass is 9.86. The summed E-state index contributed by atoms with van der Waals surface area (Å²) in [5, 5.41) is 3.47. The van der Waals surface area contributed by atoms with Crippen LogP contribution in [-0.4, -0.2) is 31.7 Å². The molecule has 0 aromatic carbocycles. The van der Waals surface area contributed by atoms with Gasteiger partial charge in [0, 0.05) is 12.6 Å². The molecule has 4 nitrogen and oxygen atoms in total. The summed E-state index contributed by atoms with van der Waals surface area (Å²) in [5.41, 5.74) is 4.96. The number of amides is 1. The molecule has 1 aliphatic carbocycles. The zero-order chi connectivity index (χ0) is 11.1. The van der Waals surface area contributed by atoms with Crippen molar-refractivity contribution in [3.05, 3.63) is 0 Å². The van der Waals surface area contributed by atoms with Crippen molar-refractivity contribution < 1.29 is 9.53 Å². The summed E-state index contributed by atoms with van der Waals surface area (Å²) in [4.78, 5) is 10.4. The molecule has 1 fully saturated rings. The van der Waals surface area contributed by atoms with Crippen LogP contribution in [0.5, 0.6) is 0 Å². The number of rotatable bonds is 6. The van der Waals surface area contributed by atoms with E-state index < -0.39 is 5.91 Å². The molecule has 0 spiro atoms. The third-order valence-corrected chi connectivity index (χ3v) is 3.01. The zero-order valence-electron chi connectivity index (χ0n) is 9.50. The Hall–Kier alpha value is -0.610. The summed E-state index contributed by atoms with van der Waals surface area (Å²) in [6.45, 7) is 3.69. The average molecular weight is 214 g/mol. The molecule has 0 bridgehead atoms. The predicted molar refractivity (Wildman–Crippen MR) is 59.4 cm³/mol.